The molecule has 2 rings (SSSR count). The first kappa shape index (κ1) is 11.3. The average molecular weight is 216 g/mol. The highest BCUT2D eigenvalue weighted by Crippen LogP contribution is 2.47. The zero-order valence-electron chi connectivity index (χ0n) is 8.89. The molecule has 0 aromatic rings. The molecule has 0 aliphatic heterocycles. The topological polar surface area (TPSA) is 80.9 Å². The molecule has 2 saturated carbocycles. The molecule has 15 heavy (non-hydrogen) atoms. The highest BCUT2D eigenvalue weighted by Gasteiger charge is 2.61. The number of hydrogen-bond acceptors (Lipinski definition) is 4. The number of hydrogen-bond donors (Lipinski definition) is 4. The summed E-state index contributed by atoms with van der Waals surface area (Å²) >= 11 is 0. The third-order valence-electron chi connectivity index (χ3n) is 4.19. The molecule has 0 aromatic heterocycles. The molecule has 2 aliphatic carbocycles. The summed E-state index contributed by atoms with van der Waals surface area (Å²) in [5.41, 5.74) is -3.00. The van der Waals surface area contributed by atoms with Crippen LogP contribution < -0.4 is 0 Å². The maximum absolute atomic E-state index is 10.4. The molecule has 4 N–H and O–H groups in total. The normalized spacial score (nSPS) is 52.0. The Balaban J connectivity index is 2.22. The summed E-state index contributed by atoms with van der Waals surface area (Å²) < 4.78 is 0. The van der Waals surface area contributed by atoms with Crippen LogP contribution in [0.3, 0.4) is 0 Å². The van der Waals surface area contributed by atoms with Crippen LogP contribution in [-0.2, 0) is 0 Å². The minimum atomic E-state index is -1.51. The van der Waals surface area contributed by atoms with Crippen molar-refractivity contribution in [1.29, 1.82) is 0 Å². The minimum Gasteiger partial charge on any atom is -0.390 e. The molecular formula is C11H20O4. The summed E-state index contributed by atoms with van der Waals surface area (Å²) in [5.74, 6) is 0. The fourth-order valence-corrected chi connectivity index (χ4v) is 2.87. The summed E-state index contributed by atoms with van der Waals surface area (Å²) in [6.45, 7) is 0. The van der Waals surface area contributed by atoms with Gasteiger partial charge in [-0.15, -0.1) is 0 Å². The summed E-state index contributed by atoms with van der Waals surface area (Å²) in [5, 5.41) is 40.1. The lowest BCUT2D eigenvalue weighted by Gasteiger charge is -2.54. The standard InChI is InChI=1S/C11H20O4/c12-8-4-2-1-3-6-10(8,14)11(15)7-5-9(11)13/h8-9,12-15H,1-7H2. The van der Waals surface area contributed by atoms with Gasteiger partial charge in [-0.05, 0) is 25.7 Å². The highest BCUT2D eigenvalue weighted by molar-refractivity contribution is 5.13. The summed E-state index contributed by atoms with van der Waals surface area (Å²) in [7, 11) is 0. The molecule has 4 unspecified atom stereocenters. The summed E-state index contributed by atoms with van der Waals surface area (Å²) in [6.07, 6.45) is 2.58. The van der Waals surface area contributed by atoms with Gasteiger partial charge in [0.2, 0.25) is 0 Å². The maximum Gasteiger partial charge on any atom is 0.122 e. The second-order valence-electron chi connectivity index (χ2n) is 5.02. The zero-order valence-corrected chi connectivity index (χ0v) is 8.89. The maximum atomic E-state index is 10.4. The van der Waals surface area contributed by atoms with E-state index >= 15 is 0 Å². The molecule has 88 valence electrons. The van der Waals surface area contributed by atoms with E-state index in [1.807, 2.05) is 0 Å². The molecule has 4 nitrogen and oxygen atoms in total. The van der Waals surface area contributed by atoms with E-state index in [4.69, 9.17) is 0 Å². The minimum absolute atomic E-state index is 0.377. The van der Waals surface area contributed by atoms with E-state index in [1.165, 1.54) is 0 Å². The van der Waals surface area contributed by atoms with E-state index in [9.17, 15) is 20.4 Å². The molecule has 2 aliphatic rings. The van der Waals surface area contributed by atoms with Crippen molar-refractivity contribution in [3.63, 3.8) is 0 Å². The molecule has 0 radical (unpaired) electrons. The molecule has 0 aromatic carbocycles. The van der Waals surface area contributed by atoms with Crippen LogP contribution in [0.1, 0.15) is 44.9 Å². The third kappa shape index (κ3) is 1.51. The van der Waals surface area contributed by atoms with Crippen LogP contribution in [-0.4, -0.2) is 43.8 Å². The lowest BCUT2D eigenvalue weighted by Crippen LogP contribution is -2.70. The van der Waals surface area contributed by atoms with Gasteiger partial charge in [-0.3, -0.25) is 0 Å². The Hall–Kier alpha value is -0.160. The van der Waals surface area contributed by atoms with Crippen molar-refractivity contribution in [2.24, 2.45) is 0 Å². The Labute approximate surface area is 89.6 Å². The Morgan fingerprint density at radius 1 is 0.733 bits per heavy atom. The van der Waals surface area contributed by atoms with E-state index < -0.39 is 23.4 Å². The predicted octanol–water partition coefficient (Wildman–Crippen LogP) is -0.0717. The monoisotopic (exact) mass is 216 g/mol. The number of rotatable bonds is 1. The van der Waals surface area contributed by atoms with Gasteiger partial charge >= 0.3 is 0 Å². The largest absolute Gasteiger partial charge is 0.390 e. The van der Waals surface area contributed by atoms with Crippen molar-refractivity contribution in [2.45, 2.75) is 68.4 Å². The van der Waals surface area contributed by atoms with Crippen LogP contribution in [0.4, 0.5) is 0 Å². The van der Waals surface area contributed by atoms with Crippen molar-refractivity contribution in [3.05, 3.63) is 0 Å². The fourth-order valence-electron chi connectivity index (χ4n) is 2.87. The van der Waals surface area contributed by atoms with Crippen molar-refractivity contribution in [2.75, 3.05) is 0 Å². The SMILES string of the molecule is OC1CCCCCC1(O)C1(O)CCC1O. The van der Waals surface area contributed by atoms with E-state index in [1.54, 1.807) is 0 Å². The van der Waals surface area contributed by atoms with Crippen molar-refractivity contribution >= 4 is 0 Å². The van der Waals surface area contributed by atoms with Gasteiger partial charge in [-0.2, -0.15) is 0 Å². The van der Waals surface area contributed by atoms with Crippen LogP contribution in [0.15, 0.2) is 0 Å². The molecule has 0 saturated heterocycles. The number of aliphatic hydroxyl groups excluding tert-OH is 2. The Morgan fingerprint density at radius 3 is 1.87 bits per heavy atom. The van der Waals surface area contributed by atoms with Gasteiger partial charge in [-0.1, -0.05) is 19.3 Å². The molecule has 0 heterocycles. The molecule has 0 spiro atoms. The zero-order chi connectivity index (χ0) is 11.1. The molecule has 2 fully saturated rings. The lowest BCUT2D eigenvalue weighted by atomic mass is 9.62. The van der Waals surface area contributed by atoms with Crippen molar-refractivity contribution in [1.82, 2.24) is 0 Å². The Kier molecular flexibility index (Phi) is 2.79. The van der Waals surface area contributed by atoms with Gasteiger partial charge in [0.25, 0.3) is 0 Å². The Bertz CT molecular complexity index is 245. The van der Waals surface area contributed by atoms with E-state index in [2.05, 4.69) is 0 Å². The first-order valence-electron chi connectivity index (χ1n) is 5.81. The van der Waals surface area contributed by atoms with E-state index in [0.717, 1.165) is 19.3 Å². The van der Waals surface area contributed by atoms with Crippen LogP contribution in [0.25, 0.3) is 0 Å². The van der Waals surface area contributed by atoms with Crippen LogP contribution >= 0.6 is 0 Å². The predicted molar refractivity (Wildman–Crippen MR) is 54.2 cm³/mol. The smallest absolute Gasteiger partial charge is 0.122 e. The van der Waals surface area contributed by atoms with E-state index in [0.29, 0.717) is 25.7 Å². The van der Waals surface area contributed by atoms with Crippen LogP contribution in [0, 0.1) is 0 Å². The second-order valence-corrected chi connectivity index (χ2v) is 5.02. The van der Waals surface area contributed by atoms with Crippen molar-refractivity contribution < 1.29 is 20.4 Å². The van der Waals surface area contributed by atoms with Gasteiger partial charge in [0.1, 0.15) is 11.2 Å². The van der Waals surface area contributed by atoms with Gasteiger partial charge in [0.15, 0.2) is 0 Å². The lowest BCUT2D eigenvalue weighted by molar-refractivity contribution is -0.278. The fraction of sp³-hybridized carbons (Fsp3) is 1.00. The Morgan fingerprint density at radius 2 is 1.33 bits per heavy atom. The quantitative estimate of drug-likeness (QED) is 0.462. The van der Waals surface area contributed by atoms with Crippen LogP contribution in [0.5, 0.6) is 0 Å². The second kappa shape index (κ2) is 3.70. The first-order valence-corrected chi connectivity index (χ1v) is 5.81. The summed E-state index contributed by atoms with van der Waals surface area (Å²) in [6, 6.07) is 0. The molecule has 4 heteroatoms. The average Bonchev–Trinajstić information content (AvgIpc) is 2.39. The molecule has 4 atom stereocenters. The third-order valence-corrected chi connectivity index (χ3v) is 4.19. The van der Waals surface area contributed by atoms with Gasteiger partial charge < -0.3 is 20.4 Å². The van der Waals surface area contributed by atoms with Gasteiger partial charge in [0.05, 0.1) is 12.2 Å². The first-order chi connectivity index (χ1) is 7.01. The number of aliphatic hydroxyl groups is 4. The molecule has 0 amide bonds. The van der Waals surface area contributed by atoms with Gasteiger partial charge in [-0.25, -0.2) is 0 Å². The highest BCUT2D eigenvalue weighted by atomic mass is 16.4. The van der Waals surface area contributed by atoms with E-state index in [-0.39, 0.29) is 0 Å². The van der Waals surface area contributed by atoms with Crippen molar-refractivity contribution in [3.8, 4) is 0 Å². The molecular weight excluding hydrogens is 196 g/mol. The van der Waals surface area contributed by atoms with Gasteiger partial charge in [0, 0.05) is 0 Å². The molecule has 0 bridgehead atoms. The van der Waals surface area contributed by atoms with Crippen LogP contribution in [0.2, 0.25) is 0 Å². The summed E-state index contributed by atoms with van der Waals surface area (Å²) in [4.78, 5) is 0.